The van der Waals surface area contributed by atoms with Gasteiger partial charge in [0.15, 0.2) is 17.3 Å². The van der Waals surface area contributed by atoms with Crippen LogP contribution in [-0.4, -0.2) is 17.3 Å². The fourth-order valence-electron chi connectivity index (χ4n) is 4.62. The molecule has 4 heteroatoms. The standard InChI is InChI=1S/3C17H14O.Pd/c3*18-17(13-11-15-7-3-1-4-8-15)14-12-16-9-5-2-6-10-16;/h3*1-14H;/b3*13-11+,14-12+;. The van der Waals surface area contributed by atoms with Crippen LogP contribution < -0.4 is 0 Å². The summed E-state index contributed by atoms with van der Waals surface area (Å²) in [6, 6.07) is 58.7. The molecule has 0 bridgehead atoms. The predicted molar refractivity (Wildman–Crippen MR) is 228 cm³/mol. The van der Waals surface area contributed by atoms with Gasteiger partial charge in [0.1, 0.15) is 0 Å². The van der Waals surface area contributed by atoms with Crippen LogP contribution >= 0.6 is 0 Å². The molecule has 0 atom stereocenters. The molecule has 0 spiro atoms. The zero-order valence-corrected chi connectivity index (χ0v) is 31.8. The molecule has 0 heterocycles. The zero-order valence-electron chi connectivity index (χ0n) is 30.3. The van der Waals surface area contributed by atoms with Gasteiger partial charge in [0, 0.05) is 20.4 Å². The smallest absolute Gasteiger partial charge is 0.178 e. The van der Waals surface area contributed by atoms with Crippen molar-refractivity contribution in [2.75, 3.05) is 0 Å². The minimum Gasteiger partial charge on any atom is -0.290 e. The van der Waals surface area contributed by atoms with Gasteiger partial charge in [0.05, 0.1) is 0 Å². The molecule has 6 rings (SSSR count). The van der Waals surface area contributed by atoms with Crippen molar-refractivity contribution in [2.45, 2.75) is 0 Å². The summed E-state index contributed by atoms with van der Waals surface area (Å²) in [5, 5.41) is 0. The summed E-state index contributed by atoms with van der Waals surface area (Å²) < 4.78 is 0. The number of carbonyl (C=O) groups is 3. The molecule has 0 fully saturated rings. The van der Waals surface area contributed by atoms with Crippen LogP contribution in [0.2, 0.25) is 0 Å². The minimum absolute atomic E-state index is 0. The second-order valence-electron chi connectivity index (χ2n) is 11.7. The van der Waals surface area contributed by atoms with Gasteiger partial charge in [-0.1, -0.05) is 218 Å². The third-order valence-corrected chi connectivity index (χ3v) is 7.44. The van der Waals surface area contributed by atoms with Gasteiger partial charge >= 0.3 is 0 Å². The van der Waals surface area contributed by atoms with Crippen LogP contribution in [0, 0.1) is 0 Å². The zero-order chi connectivity index (χ0) is 37.9. The number of carbonyl (C=O) groups excluding carboxylic acids is 3. The van der Waals surface area contributed by atoms with Crippen LogP contribution in [0.1, 0.15) is 33.4 Å². The van der Waals surface area contributed by atoms with Crippen molar-refractivity contribution in [3.05, 3.63) is 252 Å². The van der Waals surface area contributed by atoms with Crippen molar-refractivity contribution in [1.29, 1.82) is 0 Å². The molecule has 0 N–H and O–H groups in total. The van der Waals surface area contributed by atoms with E-state index in [0.29, 0.717) is 0 Å². The Labute approximate surface area is 338 Å². The molecule has 0 radical (unpaired) electrons. The first-order valence-electron chi connectivity index (χ1n) is 17.5. The van der Waals surface area contributed by atoms with E-state index in [-0.39, 0.29) is 37.8 Å². The van der Waals surface area contributed by atoms with Gasteiger partial charge < -0.3 is 0 Å². The molecular formula is C51H42O3Pd. The van der Waals surface area contributed by atoms with E-state index in [1.807, 2.05) is 218 Å². The summed E-state index contributed by atoms with van der Waals surface area (Å²) >= 11 is 0. The fraction of sp³-hybridized carbons (Fsp3) is 0. The number of benzene rings is 6. The summed E-state index contributed by atoms with van der Waals surface area (Å²) in [6.07, 6.45) is 20.4. The average Bonchev–Trinajstić information content (AvgIpc) is 3.24. The molecule has 0 saturated heterocycles. The van der Waals surface area contributed by atoms with Crippen LogP contribution in [0.4, 0.5) is 0 Å². The van der Waals surface area contributed by atoms with E-state index in [9.17, 15) is 14.4 Å². The Hall–Kier alpha value is -6.57. The van der Waals surface area contributed by atoms with Crippen LogP contribution in [0.3, 0.4) is 0 Å². The second kappa shape index (κ2) is 26.2. The number of hydrogen-bond acceptors (Lipinski definition) is 3. The Morgan fingerprint density at radius 2 is 0.364 bits per heavy atom. The molecule has 55 heavy (non-hydrogen) atoms. The first kappa shape index (κ1) is 42.8. The Bertz CT molecular complexity index is 1760. The van der Waals surface area contributed by atoms with Crippen LogP contribution in [0.5, 0.6) is 0 Å². The molecule has 0 aliphatic rings. The largest absolute Gasteiger partial charge is 0.290 e. The first-order valence-corrected chi connectivity index (χ1v) is 17.5. The average molecular weight is 809 g/mol. The van der Waals surface area contributed by atoms with E-state index in [0.717, 1.165) is 33.4 Å². The molecule has 0 aromatic heterocycles. The van der Waals surface area contributed by atoms with E-state index in [1.165, 1.54) is 0 Å². The van der Waals surface area contributed by atoms with Gasteiger partial charge in [-0.2, -0.15) is 0 Å². The summed E-state index contributed by atoms with van der Waals surface area (Å²) in [6.45, 7) is 0. The maximum atomic E-state index is 11.6. The van der Waals surface area contributed by atoms with Gasteiger partial charge in [-0.15, -0.1) is 0 Å². The molecule has 0 amide bonds. The molecule has 0 aliphatic heterocycles. The number of hydrogen-bond donors (Lipinski definition) is 0. The summed E-state index contributed by atoms with van der Waals surface area (Å²) in [5.41, 5.74) is 6.16. The van der Waals surface area contributed by atoms with Crippen molar-refractivity contribution >= 4 is 53.8 Å². The van der Waals surface area contributed by atoms with E-state index >= 15 is 0 Å². The molecule has 274 valence electrons. The van der Waals surface area contributed by atoms with Gasteiger partial charge in [-0.3, -0.25) is 14.4 Å². The maximum absolute atomic E-state index is 11.6. The van der Waals surface area contributed by atoms with Gasteiger partial charge in [0.2, 0.25) is 0 Å². The van der Waals surface area contributed by atoms with Gasteiger partial charge in [-0.25, -0.2) is 0 Å². The topological polar surface area (TPSA) is 51.2 Å². The molecule has 0 unspecified atom stereocenters. The molecular weight excluding hydrogens is 767 g/mol. The fourth-order valence-corrected chi connectivity index (χ4v) is 4.62. The summed E-state index contributed by atoms with van der Waals surface area (Å²) in [5.74, 6) is -0.0341. The summed E-state index contributed by atoms with van der Waals surface area (Å²) in [4.78, 5) is 34.8. The number of rotatable bonds is 12. The van der Waals surface area contributed by atoms with E-state index in [4.69, 9.17) is 0 Å². The third-order valence-electron chi connectivity index (χ3n) is 7.44. The van der Waals surface area contributed by atoms with Crippen molar-refractivity contribution in [2.24, 2.45) is 0 Å². The molecule has 0 saturated carbocycles. The number of ketones is 3. The molecule has 6 aromatic carbocycles. The predicted octanol–water partition coefficient (Wildman–Crippen LogP) is 11.9. The van der Waals surface area contributed by atoms with Crippen molar-refractivity contribution in [1.82, 2.24) is 0 Å². The summed E-state index contributed by atoms with van der Waals surface area (Å²) in [7, 11) is 0. The SMILES string of the molecule is O=C(/C=C/c1ccccc1)/C=C/c1ccccc1.O=C(/C=C/c1ccccc1)/C=C/c1ccccc1.O=C(/C=C/c1ccccc1)/C=C/c1ccccc1.[Pd]. The maximum Gasteiger partial charge on any atom is 0.178 e. The first-order chi connectivity index (χ1) is 26.5. The Kier molecular flexibility index (Phi) is 20.4. The molecule has 3 nitrogen and oxygen atoms in total. The van der Waals surface area contributed by atoms with E-state index < -0.39 is 0 Å². The van der Waals surface area contributed by atoms with Crippen LogP contribution in [0.15, 0.2) is 218 Å². The quantitative estimate of drug-likeness (QED) is 0.0914. The third kappa shape index (κ3) is 19.2. The van der Waals surface area contributed by atoms with Crippen LogP contribution in [-0.2, 0) is 34.8 Å². The monoisotopic (exact) mass is 808 g/mol. The van der Waals surface area contributed by atoms with Gasteiger partial charge in [-0.05, 0) is 69.8 Å². The Morgan fingerprint density at radius 3 is 0.491 bits per heavy atom. The van der Waals surface area contributed by atoms with Crippen molar-refractivity contribution < 1.29 is 34.8 Å². The Morgan fingerprint density at radius 1 is 0.236 bits per heavy atom. The van der Waals surface area contributed by atoms with Crippen molar-refractivity contribution in [3.8, 4) is 0 Å². The minimum atomic E-state index is -0.0114. The Balaban J connectivity index is 0.000000220. The van der Waals surface area contributed by atoms with E-state index in [1.54, 1.807) is 36.5 Å². The second-order valence-corrected chi connectivity index (χ2v) is 11.7. The van der Waals surface area contributed by atoms with Crippen LogP contribution in [0.25, 0.3) is 36.5 Å². The normalized spacial score (nSPS) is 10.9. The molecule has 0 aliphatic carbocycles. The van der Waals surface area contributed by atoms with Crippen molar-refractivity contribution in [3.63, 3.8) is 0 Å². The number of allylic oxidation sites excluding steroid dienone is 6. The van der Waals surface area contributed by atoms with E-state index in [2.05, 4.69) is 0 Å². The molecule has 6 aromatic rings. The van der Waals surface area contributed by atoms with Gasteiger partial charge in [0.25, 0.3) is 0 Å².